The van der Waals surface area contributed by atoms with Crippen molar-refractivity contribution in [3.63, 3.8) is 0 Å². The molecule has 0 spiro atoms. The molecular formula is C12H15N3S. The molecule has 0 aliphatic carbocycles. The van der Waals surface area contributed by atoms with Gasteiger partial charge < -0.3 is 4.57 Å². The first-order chi connectivity index (χ1) is 7.90. The standard InChI is InChI=1S/C12H15N3S/c1-2-11-14-10-4-3-6-13-12(10)15(11)9-5-7-16-8-9/h3-4,6,9H,2,5,7-8H2,1H3. The van der Waals surface area contributed by atoms with E-state index >= 15 is 0 Å². The van der Waals surface area contributed by atoms with Crippen molar-refractivity contribution in [3.05, 3.63) is 24.2 Å². The molecule has 2 aromatic rings. The van der Waals surface area contributed by atoms with Crippen LogP contribution in [0.25, 0.3) is 11.2 Å². The Hall–Kier alpha value is -1.03. The van der Waals surface area contributed by atoms with Crippen molar-refractivity contribution in [1.29, 1.82) is 0 Å². The number of aromatic nitrogens is 3. The van der Waals surface area contributed by atoms with Crippen LogP contribution in [0.4, 0.5) is 0 Å². The zero-order valence-electron chi connectivity index (χ0n) is 9.39. The third-order valence-corrected chi connectivity index (χ3v) is 4.25. The number of rotatable bonds is 2. The van der Waals surface area contributed by atoms with Gasteiger partial charge >= 0.3 is 0 Å². The molecule has 0 bridgehead atoms. The molecule has 4 heteroatoms. The van der Waals surface area contributed by atoms with Crippen LogP contribution in [0.3, 0.4) is 0 Å². The van der Waals surface area contributed by atoms with Gasteiger partial charge in [0.15, 0.2) is 5.65 Å². The van der Waals surface area contributed by atoms with Gasteiger partial charge in [-0.3, -0.25) is 0 Å². The van der Waals surface area contributed by atoms with Gasteiger partial charge in [-0.05, 0) is 24.3 Å². The van der Waals surface area contributed by atoms with E-state index in [1.807, 2.05) is 24.0 Å². The van der Waals surface area contributed by atoms with Crippen LogP contribution in [0.1, 0.15) is 25.2 Å². The summed E-state index contributed by atoms with van der Waals surface area (Å²) in [6.45, 7) is 2.17. The number of aryl methyl sites for hydroxylation is 1. The van der Waals surface area contributed by atoms with Crippen molar-refractivity contribution in [2.24, 2.45) is 0 Å². The fourth-order valence-corrected chi connectivity index (χ4v) is 3.53. The zero-order chi connectivity index (χ0) is 11.0. The maximum absolute atomic E-state index is 4.67. The molecule has 0 radical (unpaired) electrons. The molecule has 0 N–H and O–H groups in total. The monoisotopic (exact) mass is 233 g/mol. The first kappa shape index (κ1) is 10.1. The van der Waals surface area contributed by atoms with Crippen molar-refractivity contribution in [2.45, 2.75) is 25.8 Å². The largest absolute Gasteiger partial charge is 0.309 e. The number of pyridine rings is 1. The first-order valence-corrected chi connectivity index (χ1v) is 6.95. The summed E-state index contributed by atoms with van der Waals surface area (Å²) in [6, 6.07) is 4.61. The molecule has 1 saturated heterocycles. The van der Waals surface area contributed by atoms with Gasteiger partial charge in [0, 0.05) is 24.4 Å². The first-order valence-electron chi connectivity index (χ1n) is 5.79. The Kier molecular flexibility index (Phi) is 2.59. The van der Waals surface area contributed by atoms with Crippen LogP contribution in [0.15, 0.2) is 18.3 Å². The smallest absolute Gasteiger partial charge is 0.160 e. The summed E-state index contributed by atoms with van der Waals surface area (Å²) in [5.74, 6) is 3.65. The Morgan fingerprint density at radius 2 is 2.50 bits per heavy atom. The van der Waals surface area contributed by atoms with Crippen LogP contribution in [-0.4, -0.2) is 26.0 Å². The highest BCUT2D eigenvalue weighted by Crippen LogP contribution is 2.31. The van der Waals surface area contributed by atoms with Crippen LogP contribution in [0.5, 0.6) is 0 Å². The highest BCUT2D eigenvalue weighted by atomic mass is 32.2. The van der Waals surface area contributed by atoms with E-state index in [2.05, 4.69) is 27.5 Å². The second kappa shape index (κ2) is 4.09. The van der Waals surface area contributed by atoms with Gasteiger partial charge in [0.1, 0.15) is 11.3 Å². The lowest BCUT2D eigenvalue weighted by Crippen LogP contribution is -2.11. The summed E-state index contributed by atoms with van der Waals surface area (Å²) in [4.78, 5) is 9.15. The minimum atomic E-state index is 0.597. The van der Waals surface area contributed by atoms with Gasteiger partial charge in [0.05, 0.1) is 0 Å². The third-order valence-electron chi connectivity index (χ3n) is 3.11. The lowest BCUT2D eigenvalue weighted by Gasteiger charge is -2.14. The molecule has 1 unspecified atom stereocenters. The maximum Gasteiger partial charge on any atom is 0.160 e. The van der Waals surface area contributed by atoms with E-state index < -0.39 is 0 Å². The quantitative estimate of drug-likeness (QED) is 0.799. The van der Waals surface area contributed by atoms with Crippen LogP contribution < -0.4 is 0 Å². The van der Waals surface area contributed by atoms with E-state index in [4.69, 9.17) is 0 Å². The normalized spacial score (nSPS) is 20.7. The predicted molar refractivity (Wildman–Crippen MR) is 67.9 cm³/mol. The van der Waals surface area contributed by atoms with E-state index in [9.17, 15) is 0 Å². The van der Waals surface area contributed by atoms with Gasteiger partial charge in [0.25, 0.3) is 0 Å². The molecule has 3 heterocycles. The molecule has 1 aliphatic rings. The number of nitrogens with zero attached hydrogens (tertiary/aromatic N) is 3. The maximum atomic E-state index is 4.67. The minimum absolute atomic E-state index is 0.597. The van der Waals surface area contributed by atoms with Crippen LogP contribution in [0, 0.1) is 0 Å². The second-order valence-electron chi connectivity index (χ2n) is 4.12. The predicted octanol–water partition coefficient (Wildman–Crippen LogP) is 2.67. The van der Waals surface area contributed by atoms with E-state index in [1.54, 1.807) is 0 Å². The molecule has 0 aromatic carbocycles. The zero-order valence-corrected chi connectivity index (χ0v) is 10.2. The molecule has 1 aliphatic heterocycles. The SMILES string of the molecule is CCc1nc2cccnc2n1C1CCSC1. The second-order valence-corrected chi connectivity index (χ2v) is 5.26. The molecule has 3 rings (SSSR count). The Morgan fingerprint density at radius 3 is 3.25 bits per heavy atom. The Bertz CT molecular complexity index is 500. The highest BCUT2D eigenvalue weighted by Gasteiger charge is 2.22. The van der Waals surface area contributed by atoms with E-state index in [0.29, 0.717) is 6.04 Å². The molecule has 2 aromatic heterocycles. The van der Waals surface area contributed by atoms with E-state index in [-0.39, 0.29) is 0 Å². The van der Waals surface area contributed by atoms with Gasteiger partial charge in [-0.2, -0.15) is 11.8 Å². The highest BCUT2D eigenvalue weighted by molar-refractivity contribution is 7.99. The Morgan fingerprint density at radius 1 is 1.56 bits per heavy atom. The van der Waals surface area contributed by atoms with Gasteiger partial charge in [-0.15, -0.1) is 0 Å². The molecule has 0 amide bonds. The fraction of sp³-hybridized carbons (Fsp3) is 0.500. The average molecular weight is 233 g/mol. The fourth-order valence-electron chi connectivity index (χ4n) is 2.34. The van der Waals surface area contributed by atoms with Gasteiger partial charge in [-0.1, -0.05) is 6.92 Å². The van der Waals surface area contributed by atoms with Crippen molar-refractivity contribution in [3.8, 4) is 0 Å². The van der Waals surface area contributed by atoms with Crippen molar-refractivity contribution in [1.82, 2.24) is 14.5 Å². The lowest BCUT2D eigenvalue weighted by molar-refractivity contribution is 0.548. The number of imidazole rings is 1. The van der Waals surface area contributed by atoms with Gasteiger partial charge in [-0.25, -0.2) is 9.97 Å². The van der Waals surface area contributed by atoms with E-state index in [1.165, 1.54) is 23.8 Å². The van der Waals surface area contributed by atoms with Gasteiger partial charge in [0.2, 0.25) is 0 Å². The summed E-state index contributed by atoms with van der Waals surface area (Å²) in [6.07, 6.45) is 4.10. The summed E-state index contributed by atoms with van der Waals surface area (Å²) < 4.78 is 2.36. The molecule has 3 nitrogen and oxygen atoms in total. The molecule has 16 heavy (non-hydrogen) atoms. The summed E-state index contributed by atoms with van der Waals surface area (Å²) in [7, 11) is 0. The minimum Gasteiger partial charge on any atom is -0.309 e. The third kappa shape index (κ3) is 1.52. The number of hydrogen-bond donors (Lipinski definition) is 0. The molecule has 1 atom stereocenters. The summed E-state index contributed by atoms with van der Waals surface area (Å²) in [5, 5.41) is 0. The molecule has 0 saturated carbocycles. The average Bonchev–Trinajstić information content (AvgIpc) is 2.94. The van der Waals surface area contributed by atoms with Crippen LogP contribution >= 0.6 is 11.8 Å². The Labute approximate surface area is 99.3 Å². The Balaban J connectivity index is 2.18. The van der Waals surface area contributed by atoms with Crippen molar-refractivity contribution < 1.29 is 0 Å². The van der Waals surface area contributed by atoms with Crippen molar-refractivity contribution in [2.75, 3.05) is 11.5 Å². The summed E-state index contributed by atoms with van der Waals surface area (Å²) >= 11 is 2.03. The van der Waals surface area contributed by atoms with Crippen molar-refractivity contribution >= 4 is 22.9 Å². The molecular weight excluding hydrogens is 218 g/mol. The molecule has 84 valence electrons. The topological polar surface area (TPSA) is 30.7 Å². The van der Waals surface area contributed by atoms with Crippen LogP contribution in [0.2, 0.25) is 0 Å². The number of hydrogen-bond acceptors (Lipinski definition) is 3. The number of thioether (sulfide) groups is 1. The van der Waals surface area contributed by atoms with E-state index in [0.717, 1.165) is 17.6 Å². The number of fused-ring (bicyclic) bond motifs is 1. The summed E-state index contributed by atoms with van der Waals surface area (Å²) in [5.41, 5.74) is 2.10. The molecule has 1 fully saturated rings. The van der Waals surface area contributed by atoms with Crippen LogP contribution in [-0.2, 0) is 6.42 Å². The lowest BCUT2D eigenvalue weighted by atomic mass is 10.2.